The number of carbonyl (C=O) groups excluding carboxylic acids is 1. The molecule has 0 aromatic heterocycles. The fourth-order valence-corrected chi connectivity index (χ4v) is 3.83. The Morgan fingerprint density at radius 3 is 2.62 bits per heavy atom. The number of hydrogen-bond acceptors (Lipinski definition) is 2. The summed E-state index contributed by atoms with van der Waals surface area (Å²) in [7, 11) is 0. The zero-order valence-electron chi connectivity index (χ0n) is 14.4. The molecule has 26 heavy (non-hydrogen) atoms. The second-order valence-electron chi connectivity index (χ2n) is 6.72. The van der Waals surface area contributed by atoms with Crippen LogP contribution in [0, 0.1) is 5.82 Å². The third-order valence-corrected chi connectivity index (χ3v) is 5.43. The Morgan fingerprint density at radius 1 is 1.31 bits per heavy atom. The number of benzene rings is 2. The maximum atomic E-state index is 13.0. The molecule has 0 aliphatic heterocycles. The molecule has 0 heterocycles. The van der Waals surface area contributed by atoms with Crippen molar-refractivity contribution in [3.05, 3.63) is 62.9 Å². The molecule has 2 atom stereocenters. The van der Waals surface area contributed by atoms with E-state index in [4.69, 9.17) is 23.2 Å². The lowest BCUT2D eigenvalue weighted by Gasteiger charge is -2.20. The van der Waals surface area contributed by atoms with Crippen LogP contribution in [-0.4, -0.2) is 11.1 Å². The molecular weight excluding hydrogens is 378 g/mol. The van der Waals surface area contributed by atoms with Gasteiger partial charge in [0.1, 0.15) is 5.82 Å². The Bertz CT molecular complexity index is 854. The third-order valence-electron chi connectivity index (χ3n) is 4.72. The fourth-order valence-electron chi connectivity index (χ4n) is 3.18. The van der Waals surface area contributed by atoms with Gasteiger partial charge in [0.05, 0.1) is 27.4 Å². The number of amides is 2. The maximum Gasteiger partial charge on any atom is 0.319 e. The second-order valence-corrected chi connectivity index (χ2v) is 7.50. The summed E-state index contributed by atoms with van der Waals surface area (Å²) in [6, 6.07) is 6.74. The van der Waals surface area contributed by atoms with Gasteiger partial charge in [-0.1, -0.05) is 35.3 Å². The first-order chi connectivity index (χ1) is 12.2. The van der Waals surface area contributed by atoms with Crippen molar-refractivity contribution in [2.24, 2.45) is 0 Å². The zero-order chi connectivity index (χ0) is 19.1. The van der Waals surface area contributed by atoms with Crippen molar-refractivity contribution in [2.45, 2.75) is 38.3 Å². The number of aliphatic hydroxyl groups is 1. The Balaban J connectivity index is 1.77. The van der Waals surface area contributed by atoms with E-state index < -0.39 is 11.6 Å². The average Bonchev–Trinajstić information content (AvgIpc) is 2.87. The van der Waals surface area contributed by atoms with Gasteiger partial charge in [-0.25, -0.2) is 9.18 Å². The normalized spacial score (nSPS) is 19.8. The van der Waals surface area contributed by atoms with E-state index in [9.17, 15) is 14.3 Å². The van der Waals surface area contributed by atoms with E-state index in [-0.39, 0.29) is 16.9 Å². The summed E-state index contributed by atoms with van der Waals surface area (Å²) in [4.78, 5) is 12.3. The molecule has 1 aliphatic carbocycles. The van der Waals surface area contributed by atoms with E-state index in [1.165, 1.54) is 12.1 Å². The maximum absolute atomic E-state index is 13.0. The van der Waals surface area contributed by atoms with Gasteiger partial charge >= 0.3 is 6.03 Å². The molecule has 2 aromatic rings. The highest BCUT2D eigenvalue weighted by Crippen LogP contribution is 2.45. The molecule has 0 saturated carbocycles. The Hall–Kier alpha value is -1.82. The van der Waals surface area contributed by atoms with Crippen molar-refractivity contribution in [3.63, 3.8) is 0 Å². The number of urea groups is 1. The molecule has 1 aliphatic rings. The lowest BCUT2D eigenvalue weighted by atomic mass is 9.98. The van der Waals surface area contributed by atoms with Crippen LogP contribution in [0.2, 0.25) is 10.0 Å². The second kappa shape index (κ2) is 7.06. The molecule has 2 unspecified atom stereocenters. The van der Waals surface area contributed by atoms with Gasteiger partial charge in [-0.05, 0) is 61.6 Å². The molecule has 2 aromatic carbocycles. The van der Waals surface area contributed by atoms with Gasteiger partial charge < -0.3 is 15.7 Å². The van der Waals surface area contributed by atoms with E-state index in [0.29, 0.717) is 29.1 Å². The summed E-state index contributed by atoms with van der Waals surface area (Å²) >= 11 is 12.7. The molecule has 0 bridgehead atoms. The number of rotatable bonds is 3. The highest BCUT2D eigenvalue weighted by molar-refractivity contribution is 6.40. The lowest BCUT2D eigenvalue weighted by molar-refractivity contribution is 0.0595. The molecule has 0 radical (unpaired) electrons. The molecular formula is C19H19Cl2FN2O2. The van der Waals surface area contributed by atoms with E-state index in [2.05, 4.69) is 10.6 Å². The Morgan fingerprint density at radius 2 is 1.96 bits per heavy atom. The molecule has 2 amide bonds. The minimum absolute atomic E-state index is 0.264. The molecule has 3 rings (SSSR count). The summed E-state index contributed by atoms with van der Waals surface area (Å²) < 4.78 is 13.0. The standard InChI is InChI=1S/C19H19Cl2FN2O2/c1-10(11-3-5-12(22)6-4-11)23-18(25)24-17-15(20)9-14-13(16(17)21)7-8-19(14,2)26/h3-6,9-10,26H,7-8H2,1-2H3,(H2,23,24,25). The number of fused-ring (bicyclic) bond motifs is 1. The molecule has 0 fully saturated rings. The first-order valence-corrected chi connectivity index (χ1v) is 9.01. The molecule has 138 valence electrons. The molecule has 3 N–H and O–H groups in total. The first-order valence-electron chi connectivity index (χ1n) is 8.26. The summed E-state index contributed by atoms with van der Waals surface area (Å²) in [5.74, 6) is -0.335. The van der Waals surface area contributed by atoms with Gasteiger partial charge in [-0.2, -0.15) is 0 Å². The zero-order valence-corrected chi connectivity index (χ0v) is 15.9. The minimum Gasteiger partial charge on any atom is -0.385 e. The minimum atomic E-state index is -0.972. The highest BCUT2D eigenvalue weighted by Gasteiger charge is 2.35. The molecule has 0 spiro atoms. The third kappa shape index (κ3) is 3.65. The predicted molar refractivity (Wildman–Crippen MR) is 101 cm³/mol. The van der Waals surface area contributed by atoms with Crippen LogP contribution in [0.25, 0.3) is 0 Å². The van der Waals surface area contributed by atoms with Crippen LogP contribution in [0.15, 0.2) is 30.3 Å². The SMILES string of the molecule is CC(NC(=O)Nc1c(Cl)cc2c(c1Cl)CCC2(C)O)c1ccc(F)cc1. The van der Waals surface area contributed by atoms with Gasteiger partial charge in [0.15, 0.2) is 0 Å². The first kappa shape index (κ1) is 19.0. The van der Waals surface area contributed by atoms with Crippen LogP contribution < -0.4 is 10.6 Å². The monoisotopic (exact) mass is 396 g/mol. The number of halogens is 3. The van der Waals surface area contributed by atoms with E-state index in [1.807, 2.05) is 0 Å². The fraction of sp³-hybridized carbons (Fsp3) is 0.316. The Kier molecular flexibility index (Phi) is 5.15. The average molecular weight is 397 g/mol. The van der Waals surface area contributed by atoms with Crippen LogP contribution in [0.1, 0.15) is 43.0 Å². The quantitative estimate of drug-likeness (QED) is 0.669. The van der Waals surface area contributed by atoms with Crippen LogP contribution in [0.3, 0.4) is 0 Å². The van der Waals surface area contributed by atoms with E-state index in [1.54, 1.807) is 32.0 Å². The number of hydrogen-bond donors (Lipinski definition) is 3. The van der Waals surface area contributed by atoms with Crippen molar-refractivity contribution < 1.29 is 14.3 Å². The topological polar surface area (TPSA) is 61.4 Å². The van der Waals surface area contributed by atoms with Crippen LogP contribution >= 0.6 is 23.2 Å². The van der Waals surface area contributed by atoms with E-state index in [0.717, 1.165) is 11.1 Å². The van der Waals surface area contributed by atoms with Gasteiger partial charge in [0.2, 0.25) is 0 Å². The molecule has 0 saturated heterocycles. The number of carbonyl (C=O) groups is 1. The lowest BCUT2D eigenvalue weighted by Crippen LogP contribution is -2.31. The largest absolute Gasteiger partial charge is 0.385 e. The predicted octanol–water partition coefficient (Wildman–Crippen LogP) is 5.17. The Labute approximate surface area is 161 Å². The number of anilines is 1. The van der Waals surface area contributed by atoms with Gasteiger partial charge in [0.25, 0.3) is 0 Å². The highest BCUT2D eigenvalue weighted by atomic mass is 35.5. The van der Waals surface area contributed by atoms with Gasteiger partial charge in [-0.15, -0.1) is 0 Å². The summed E-state index contributed by atoms with van der Waals surface area (Å²) in [6.45, 7) is 3.51. The van der Waals surface area contributed by atoms with Gasteiger partial charge in [0, 0.05) is 0 Å². The van der Waals surface area contributed by atoms with Crippen LogP contribution in [-0.2, 0) is 12.0 Å². The van der Waals surface area contributed by atoms with Crippen molar-refractivity contribution in [1.82, 2.24) is 5.32 Å². The van der Waals surface area contributed by atoms with Crippen LogP contribution in [0.5, 0.6) is 0 Å². The van der Waals surface area contributed by atoms with E-state index >= 15 is 0 Å². The van der Waals surface area contributed by atoms with Crippen molar-refractivity contribution >= 4 is 34.9 Å². The molecule has 7 heteroatoms. The van der Waals surface area contributed by atoms with Crippen molar-refractivity contribution in [3.8, 4) is 0 Å². The summed E-state index contributed by atoms with van der Waals surface area (Å²) in [5.41, 5.74) is 1.60. The van der Waals surface area contributed by atoms with Crippen molar-refractivity contribution in [1.29, 1.82) is 0 Å². The summed E-state index contributed by atoms with van der Waals surface area (Å²) in [5, 5.41) is 16.4. The van der Waals surface area contributed by atoms with Crippen molar-refractivity contribution in [2.75, 3.05) is 5.32 Å². The molecule has 4 nitrogen and oxygen atoms in total. The smallest absolute Gasteiger partial charge is 0.319 e. The van der Waals surface area contributed by atoms with Gasteiger partial charge in [-0.3, -0.25) is 0 Å². The number of nitrogens with one attached hydrogen (secondary N) is 2. The summed E-state index contributed by atoms with van der Waals surface area (Å²) in [6.07, 6.45) is 1.16. The van der Waals surface area contributed by atoms with Crippen LogP contribution in [0.4, 0.5) is 14.9 Å².